The van der Waals surface area contributed by atoms with Gasteiger partial charge in [0, 0.05) is 10.0 Å². The van der Waals surface area contributed by atoms with Crippen LogP contribution in [0.2, 0.25) is 0 Å². The maximum atomic E-state index is 10.3. The van der Waals surface area contributed by atoms with Crippen LogP contribution in [0.1, 0.15) is 12.5 Å². The molecule has 1 aromatic carbocycles. The third-order valence-electron chi connectivity index (χ3n) is 2.66. The molecule has 2 rings (SSSR count). The van der Waals surface area contributed by atoms with Gasteiger partial charge in [-0.1, -0.05) is 15.9 Å². The van der Waals surface area contributed by atoms with Crippen molar-refractivity contribution in [3.63, 3.8) is 0 Å². The number of ether oxygens (including phenoxy) is 1. The Morgan fingerprint density at radius 3 is 2.71 bits per heavy atom. The number of hydrogen-bond donors (Lipinski definition) is 3. The molecule has 7 nitrogen and oxygen atoms in total. The zero-order chi connectivity index (χ0) is 15.6. The molecular formula is C13H12BrN5O2. The van der Waals surface area contributed by atoms with Crippen LogP contribution < -0.4 is 16.2 Å². The first-order chi connectivity index (χ1) is 9.97. The van der Waals surface area contributed by atoms with Crippen molar-refractivity contribution < 1.29 is 9.84 Å². The number of hydrogen-bond acceptors (Lipinski definition) is 7. The van der Waals surface area contributed by atoms with Crippen LogP contribution in [0.15, 0.2) is 16.6 Å². The van der Waals surface area contributed by atoms with Crippen molar-refractivity contribution in [1.29, 1.82) is 5.26 Å². The third-order valence-corrected chi connectivity index (χ3v) is 3.12. The minimum atomic E-state index is -0.144. The van der Waals surface area contributed by atoms with Gasteiger partial charge in [-0.25, -0.2) is 4.98 Å². The van der Waals surface area contributed by atoms with E-state index in [2.05, 4.69) is 25.9 Å². The summed E-state index contributed by atoms with van der Waals surface area (Å²) >= 11 is 3.32. The number of nitrogen functional groups attached to an aromatic ring is 2. The van der Waals surface area contributed by atoms with Crippen molar-refractivity contribution in [3.05, 3.63) is 22.2 Å². The summed E-state index contributed by atoms with van der Waals surface area (Å²) in [6, 6.07) is 5.13. The van der Waals surface area contributed by atoms with Gasteiger partial charge in [-0.3, -0.25) is 0 Å². The van der Waals surface area contributed by atoms with Gasteiger partial charge in [-0.2, -0.15) is 10.2 Å². The van der Waals surface area contributed by atoms with Crippen molar-refractivity contribution in [3.8, 4) is 28.8 Å². The molecule has 0 aliphatic heterocycles. The van der Waals surface area contributed by atoms with Gasteiger partial charge < -0.3 is 21.3 Å². The van der Waals surface area contributed by atoms with E-state index in [1.807, 2.05) is 6.07 Å². The number of rotatable bonds is 3. The van der Waals surface area contributed by atoms with Gasteiger partial charge in [0.1, 0.15) is 17.5 Å². The van der Waals surface area contributed by atoms with Crippen LogP contribution >= 0.6 is 15.9 Å². The quantitative estimate of drug-likeness (QED) is 0.772. The first-order valence-electron chi connectivity index (χ1n) is 5.96. The summed E-state index contributed by atoms with van der Waals surface area (Å²) in [6.07, 6.45) is 0. The topological polar surface area (TPSA) is 131 Å². The maximum Gasteiger partial charge on any atom is 0.222 e. The van der Waals surface area contributed by atoms with E-state index in [1.54, 1.807) is 19.1 Å². The second-order valence-electron chi connectivity index (χ2n) is 4.04. The van der Waals surface area contributed by atoms with E-state index in [9.17, 15) is 10.4 Å². The number of nitriles is 1. The van der Waals surface area contributed by atoms with Gasteiger partial charge in [-0.15, -0.1) is 0 Å². The summed E-state index contributed by atoms with van der Waals surface area (Å²) in [7, 11) is 0. The fraction of sp³-hybridized carbons (Fsp3) is 0.154. The van der Waals surface area contributed by atoms with Crippen LogP contribution in [0.25, 0.3) is 11.3 Å². The van der Waals surface area contributed by atoms with Gasteiger partial charge >= 0.3 is 0 Å². The van der Waals surface area contributed by atoms with E-state index in [0.29, 0.717) is 11.1 Å². The van der Waals surface area contributed by atoms with E-state index in [4.69, 9.17) is 16.2 Å². The van der Waals surface area contributed by atoms with Crippen LogP contribution in [0.4, 0.5) is 11.8 Å². The third kappa shape index (κ3) is 2.83. The Hall–Kier alpha value is -2.53. The van der Waals surface area contributed by atoms with E-state index in [0.717, 1.165) is 0 Å². The molecule has 0 atom stereocenters. The Morgan fingerprint density at radius 1 is 1.38 bits per heavy atom. The molecule has 0 radical (unpaired) electrons. The van der Waals surface area contributed by atoms with E-state index >= 15 is 0 Å². The molecule has 0 unspecified atom stereocenters. The highest BCUT2D eigenvalue weighted by atomic mass is 79.9. The number of aromatic nitrogens is 2. The Morgan fingerprint density at radius 2 is 2.10 bits per heavy atom. The van der Waals surface area contributed by atoms with Crippen LogP contribution in [0.3, 0.4) is 0 Å². The summed E-state index contributed by atoms with van der Waals surface area (Å²) in [4.78, 5) is 7.74. The van der Waals surface area contributed by atoms with Crippen molar-refractivity contribution in [2.75, 3.05) is 18.1 Å². The largest absolute Gasteiger partial charge is 0.504 e. The SMILES string of the molecule is CCOc1cc(Br)cc(-c2nc(N)nc(N)c2C#N)c1O. The number of nitrogens with two attached hydrogens (primary N) is 2. The summed E-state index contributed by atoms with van der Waals surface area (Å²) in [5, 5.41) is 19.5. The lowest BCUT2D eigenvalue weighted by molar-refractivity contribution is 0.318. The van der Waals surface area contributed by atoms with E-state index in [1.165, 1.54) is 0 Å². The zero-order valence-electron chi connectivity index (χ0n) is 11.1. The molecule has 0 spiro atoms. The lowest BCUT2D eigenvalue weighted by Crippen LogP contribution is -2.05. The number of phenolic OH excluding ortho intramolecular Hbond substituents is 1. The second kappa shape index (κ2) is 5.85. The van der Waals surface area contributed by atoms with Gasteiger partial charge in [0.05, 0.1) is 12.3 Å². The fourth-order valence-corrected chi connectivity index (χ4v) is 2.26. The minimum Gasteiger partial charge on any atom is -0.504 e. The first-order valence-corrected chi connectivity index (χ1v) is 6.76. The Kier molecular flexibility index (Phi) is 4.14. The van der Waals surface area contributed by atoms with Gasteiger partial charge in [0.25, 0.3) is 0 Å². The van der Waals surface area contributed by atoms with Crippen molar-refractivity contribution in [1.82, 2.24) is 9.97 Å². The van der Waals surface area contributed by atoms with E-state index in [-0.39, 0.29) is 40.1 Å². The summed E-state index contributed by atoms with van der Waals surface area (Å²) in [5.41, 5.74) is 11.7. The predicted octanol–water partition coefficient (Wildman–Crippen LogP) is 2.05. The highest BCUT2D eigenvalue weighted by Crippen LogP contribution is 2.41. The standard InChI is InChI=1S/C13H12BrN5O2/c1-2-21-9-4-6(14)3-7(11(9)20)10-8(5-15)12(16)19-13(17)18-10/h3-4,20H,2H2,1H3,(H4,16,17,18,19). The van der Waals surface area contributed by atoms with Gasteiger partial charge in [-0.05, 0) is 19.1 Å². The number of benzene rings is 1. The monoisotopic (exact) mass is 349 g/mol. The predicted molar refractivity (Wildman–Crippen MR) is 81.5 cm³/mol. The smallest absolute Gasteiger partial charge is 0.222 e. The Labute approximate surface area is 129 Å². The van der Waals surface area contributed by atoms with Crippen molar-refractivity contribution >= 4 is 27.7 Å². The first kappa shape index (κ1) is 14.9. The summed E-state index contributed by atoms with van der Waals surface area (Å²) in [6.45, 7) is 2.17. The molecule has 0 bridgehead atoms. The van der Waals surface area contributed by atoms with Crippen molar-refractivity contribution in [2.24, 2.45) is 0 Å². The number of aromatic hydroxyl groups is 1. The van der Waals surface area contributed by atoms with Crippen molar-refractivity contribution in [2.45, 2.75) is 6.92 Å². The van der Waals surface area contributed by atoms with E-state index < -0.39 is 0 Å². The van der Waals surface area contributed by atoms with Crippen LogP contribution in [0.5, 0.6) is 11.5 Å². The van der Waals surface area contributed by atoms with Gasteiger partial charge in [0.15, 0.2) is 11.5 Å². The van der Waals surface area contributed by atoms with Gasteiger partial charge in [0.2, 0.25) is 5.95 Å². The summed E-state index contributed by atoms with van der Waals surface area (Å²) in [5.74, 6) is -0.00765. The zero-order valence-corrected chi connectivity index (χ0v) is 12.7. The highest BCUT2D eigenvalue weighted by Gasteiger charge is 2.19. The molecule has 0 saturated carbocycles. The normalized spacial score (nSPS) is 10.1. The highest BCUT2D eigenvalue weighted by molar-refractivity contribution is 9.10. The fourth-order valence-electron chi connectivity index (χ4n) is 1.82. The lowest BCUT2D eigenvalue weighted by atomic mass is 10.1. The molecule has 0 saturated heterocycles. The minimum absolute atomic E-state index is 0.0417. The maximum absolute atomic E-state index is 10.3. The number of phenols is 1. The molecule has 5 N–H and O–H groups in total. The average Bonchev–Trinajstić information content (AvgIpc) is 2.42. The molecule has 1 heterocycles. The molecule has 2 aromatic rings. The Balaban J connectivity index is 2.76. The molecule has 0 aliphatic carbocycles. The molecule has 8 heteroatoms. The summed E-state index contributed by atoms with van der Waals surface area (Å²) < 4.78 is 6.00. The number of nitrogens with zero attached hydrogens (tertiary/aromatic N) is 3. The molecule has 0 aliphatic rings. The molecule has 0 amide bonds. The molecule has 21 heavy (non-hydrogen) atoms. The molecule has 1 aromatic heterocycles. The van der Waals surface area contributed by atoms with Crippen LogP contribution in [0, 0.1) is 11.3 Å². The lowest BCUT2D eigenvalue weighted by Gasteiger charge is -2.12. The second-order valence-corrected chi connectivity index (χ2v) is 4.95. The van der Waals surface area contributed by atoms with Crippen LogP contribution in [-0.4, -0.2) is 21.7 Å². The Bertz CT molecular complexity index is 742. The van der Waals surface area contributed by atoms with Crippen LogP contribution in [-0.2, 0) is 0 Å². The molecule has 0 fully saturated rings. The molecule has 108 valence electrons. The number of halogens is 1. The number of anilines is 2. The molecular weight excluding hydrogens is 338 g/mol. The average molecular weight is 350 g/mol.